The first-order valence-electron chi connectivity index (χ1n) is 8.50. The van der Waals surface area contributed by atoms with Gasteiger partial charge in [-0.15, -0.1) is 0 Å². The number of benzene rings is 1. The van der Waals surface area contributed by atoms with Gasteiger partial charge in [-0.1, -0.05) is 12.8 Å². The summed E-state index contributed by atoms with van der Waals surface area (Å²) in [4.78, 5) is 11.8. The lowest BCUT2D eigenvalue weighted by molar-refractivity contribution is -0.115. The molecule has 23 heavy (non-hydrogen) atoms. The van der Waals surface area contributed by atoms with Crippen LogP contribution in [0.4, 0.5) is 5.69 Å². The highest BCUT2D eigenvalue weighted by Crippen LogP contribution is 2.38. The second kappa shape index (κ2) is 5.60. The molecule has 0 aromatic heterocycles. The van der Waals surface area contributed by atoms with E-state index in [2.05, 4.69) is 5.32 Å². The van der Waals surface area contributed by atoms with Crippen molar-refractivity contribution in [1.82, 2.24) is 4.31 Å². The first-order chi connectivity index (χ1) is 11.1. The van der Waals surface area contributed by atoms with Crippen LogP contribution in [0.25, 0.3) is 0 Å². The van der Waals surface area contributed by atoms with Crippen LogP contribution in [0.3, 0.4) is 0 Å². The lowest BCUT2D eigenvalue weighted by Crippen LogP contribution is -2.39. The van der Waals surface area contributed by atoms with Crippen LogP contribution < -0.4 is 5.32 Å². The fraction of sp³-hybridized carbons (Fsp3) is 0.588. The van der Waals surface area contributed by atoms with Crippen molar-refractivity contribution in [3.8, 4) is 0 Å². The van der Waals surface area contributed by atoms with Gasteiger partial charge in [0, 0.05) is 18.3 Å². The van der Waals surface area contributed by atoms with E-state index < -0.39 is 10.0 Å². The summed E-state index contributed by atoms with van der Waals surface area (Å²) in [5.41, 5.74) is 1.52. The van der Waals surface area contributed by atoms with Crippen LogP contribution in [0.2, 0.25) is 0 Å². The molecule has 0 spiro atoms. The van der Waals surface area contributed by atoms with Gasteiger partial charge in [0.15, 0.2) is 0 Å². The van der Waals surface area contributed by atoms with Gasteiger partial charge in [0.05, 0.1) is 11.3 Å². The van der Waals surface area contributed by atoms with E-state index in [1.807, 2.05) is 0 Å². The Hall–Kier alpha value is -1.40. The summed E-state index contributed by atoms with van der Waals surface area (Å²) < 4.78 is 27.9. The average Bonchev–Trinajstić information content (AvgIpc) is 3.25. The third kappa shape index (κ3) is 2.58. The molecule has 2 heterocycles. The Bertz CT molecular complexity index is 738. The van der Waals surface area contributed by atoms with Crippen molar-refractivity contribution in [2.45, 2.75) is 55.9 Å². The Kier molecular flexibility index (Phi) is 3.69. The molecule has 6 heteroatoms. The molecule has 1 unspecified atom stereocenters. The van der Waals surface area contributed by atoms with Gasteiger partial charge in [0.2, 0.25) is 15.9 Å². The molecule has 1 aliphatic carbocycles. The molecule has 5 nitrogen and oxygen atoms in total. The molecule has 2 fully saturated rings. The molecule has 1 N–H and O–H groups in total. The second-order valence-corrected chi connectivity index (χ2v) is 8.80. The van der Waals surface area contributed by atoms with Crippen molar-refractivity contribution >= 4 is 21.6 Å². The number of amides is 1. The topological polar surface area (TPSA) is 66.5 Å². The number of rotatable bonds is 3. The molecule has 1 amide bonds. The van der Waals surface area contributed by atoms with Gasteiger partial charge in [0.1, 0.15) is 0 Å². The van der Waals surface area contributed by atoms with Gasteiger partial charge in [-0.25, -0.2) is 8.42 Å². The van der Waals surface area contributed by atoms with Crippen LogP contribution in [0.5, 0.6) is 0 Å². The molecule has 0 radical (unpaired) electrons. The summed E-state index contributed by atoms with van der Waals surface area (Å²) in [5.74, 6) is 0.449. The third-order valence-corrected chi connectivity index (χ3v) is 7.42. The Morgan fingerprint density at radius 3 is 2.65 bits per heavy atom. The van der Waals surface area contributed by atoms with E-state index in [1.54, 1.807) is 22.5 Å². The molecule has 124 valence electrons. The van der Waals surface area contributed by atoms with Crippen LogP contribution >= 0.6 is 0 Å². The SMILES string of the molecule is O=C1Cc2cc(S(=O)(=O)N3CCCC3C3CCCC3)ccc2N1. The zero-order valence-corrected chi connectivity index (χ0v) is 13.9. The summed E-state index contributed by atoms with van der Waals surface area (Å²) in [6.45, 7) is 0.623. The number of hydrogen-bond acceptors (Lipinski definition) is 3. The van der Waals surface area contributed by atoms with Crippen molar-refractivity contribution < 1.29 is 13.2 Å². The molecule has 1 aromatic carbocycles. The van der Waals surface area contributed by atoms with Gasteiger partial charge in [0.25, 0.3) is 0 Å². The number of anilines is 1. The Labute approximate surface area is 137 Å². The third-order valence-electron chi connectivity index (χ3n) is 5.50. The Morgan fingerprint density at radius 1 is 1.09 bits per heavy atom. The number of nitrogens with one attached hydrogen (secondary N) is 1. The van der Waals surface area contributed by atoms with Crippen molar-refractivity contribution in [2.24, 2.45) is 5.92 Å². The second-order valence-electron chi connectivity index (χ2n) is 6.91. The molecule has 3 aliphatic rings. The quantitative estimate of drug-likeness (QED) is 0.924. The highest BCUT2D eigenvalue weighted by molar-refractivity contribution is 7.89. The molecular formula is C17H22N2O3S. The molecule has 1 atom stereocenters. The van der Waals surface area contributed by atoms with Gasteiger partial charge < -0.3 is 5.32 Å². The monoisotopic (exact) mass is 334 g/mol. The molecule has 2 aliphatic heterocycles. The minimum absolute atomic E-state index is 0.0699. The fourth-order valence-corrected chi connectivity index (χ4v) is 6.18. The van der Waals surface area contributed by atoms with E-state index in [1.165, 1.54) is 12.8 Å². The molecule has 1 saturated heterocycles. The van der Waals surface area contributed by atoms with Crippen molar-refractivity contribution in [2.75, 3.05) is 11.9 Å². The van der Waals surface area contributed by atoms with Crippen molar-refractivity contribution in [1.29, 1.82) is 0 Å². The van der Waals surface area contributed by atoms with Crippen LogP contribution in [-0.4, -0.2) is 31.2 Å². The number of fused-ring (bicyclic) bond motifs is 1. The first kappa shape index (κ1) is 15.1. The zero-order valence-electron chi connectivity index (χ0n) is 13.1. The highest BCUT2D eigenvalue weighted by Gasteiger charge is 2.40. The maximum absolute atomic E-state index is 13.1. The number of hydrogen-bond donors (Lipinski definition) is 1. The fourth-order valence-electron chi connectivity index (χ4n) is 4.38. The molecule has 0 bridgehead atoms. The minimum Gasteiger partial charge on any atom is -0.326 e. The van der Waals surface area contributed by atoms with Crippen LogP contribution in [0.1, 0.15) is 44.1 Å². The first-order valence-corrected chi connectivity index (χ1v) is 9.94. The molecule has 1 saturated carbocycles. The van der Waals surface area contributed by atoms with E-state index in [9.17, 15) is 13.2 Å². The predicted octanol–water partition coefficient (Wildman–Crippen LogP) is 2.52. The Morgan fingerprint density at radius 2 is 1.87 bits per heavy atom. The number of carbonyl (C=O) groups is 1. The van der Waals surface area contributed by atoms with Gasteiger partial charge in [-0.3, -0.25) is 4.79 Å². The normalized spacial score (nSPS) is 25.7. The Balaban J connectivity index is 1.64. The number of nitrogens with zero attached hydrogens (tertiary/aromatic N) is 1. The van der Waals surface area contributed by atoms with Gasteiger partial charge >= 0.3 is 0 Å². The van der Waals surface area contributed by atoms with Gasteiger partial charge in [-0.2, -0.15) is 4.31 Å². The van der Waals surface area contributed by atoms with Crippen molar-refractivity contribution in [3.05, 3.63) is 23.8 Å². The lowest BCUT2D eigenvalue weighted by Gasteiger charge is -2.28. The summed E-state index contributed by atoms with van der Waals surface area (Å²) in [5, 5.41) is 2.75. The predicted molar refractivity (Wildman–Crippen MR) is 87.6 cm³/mol. The van der Waals surface area contributed by atoms with E-state index in [0.717, 1.165) is 36.9 Å². The summed E-state index contributed by atoms with van der Waals surface area (Å²) >= 11 is 0. The van der Waals surface area contributed by atoms with Crippen LogP contribution in [0.15, 0.2) is 23.1 Å². The minimum atomic E-state index is -3.47. The highest BCUT2D eigenvalue weighted by atomic mass is 32.2. The number of carbonyl (C=O) groups excluding carboxylic acids is 1. The van der Waals surface area contributed by atoms with Crippen LogP contribution in [0, 0.1) is 5.92 Å². The zero-order chi connectivity index (χ0) is 16.0. The molecule has 1 aromatic rings. The lowest BCUT2D eigenvalue weighted by atomic mass is 9.97. The van der Waals surface area contributed by atoms with E-state index >= 15 is 0 Å². The molecular weight excluding hydrogens is 312 g/mol. The standard InChI is InChI=1S/C17H22N2O3S/c20-17-11-13-10-14(7-8-15(13)18-17)23(21,22)19-9-3-6-16(19)12-4-1-2-5-12/h7-8,10,12,16H,1-6,9,11H2,(H,18,20). The number of sulfonamides is 1. The van der Waals surface area contributed by atoms with Gasteiger partial charge in [-0.05, 0) is 55.4 Å². The summed E-state index contributed by atoms with van der Waals surface area (Å²) in [7, 11) is -3.47. The average molecular weight is 334 g/mol. The largest absolute Gasteiger partial charge is 0.326 e. The van der Waals surface area contributed by atoms with E-state index in [4.69, 9.17) is 0 Å². The maximum atomic E-state index is 13.1. The maximum Gasteiger partial charge on any atom is 0.243 e. The van der Waals surface area contributed by atoms with E-state index in [0.29, 0.717) is 17.4 Å². The smallest absolute Gasteiger partial charge is 0.243 e. The molecule has 4 rings (SSSR count). The van der Waals surface area contributed by atoms with Crippen molar-refractivity contribution in [3.63, 3.8) is 0 Å². The summed E-state index contributed by atoms with van der Waals surface area (Å²) in [6.07, 6.45) is 6.95. The summed E-state index contributed by atoms with van der Waals surface area (Å²) in [6, 6.07) is 5.18. The van der Waals surface area contributed by atoms with E-state index in [-0.39, 0.29) is 18.4 Å². The van der Waals surface area contributed by atoms with Crippen LogP contribution in [-0.2, 0) is 21.2 Å².